The summed E-state index contributed by atoms with van der Waals surface area (Å²) in [6, 6.07) is 0.483. The van der Waals surface area contributed by atoms with E-state index in [4.69, 9.17) is 4.74 Å². The summed E-state index contributed by atoms with van der Waals surface area (Å²) in [7, 11) is 0. The minimum absolute atomic E-state index is 0. The average Bonchev–Trinajstić information content (AvgIpc) is 2.69. The van der Waals surface area contributed by atoms with Crippen LogP contribution in [0.2, 0.25) is 0 Å². The number of aryl methyl sites for hydroxylation is 1. The van der Waals surface area contributed by atoms with Gasteiger partial charge in [-0.2, -0.15) is 0 Å². The number of ether oxygens (including phenoxy) is 1. The van der Waals surface area contributed by atoms with Gasteiger partial charge in [0.25, 0.3) is 0 Å². The second kappa shape index (κ2) is 5.88. The van der Waals surface area contributed by atoms with Crippen LogP contribution in [0.4, 0.5) is 0 Å². The summed E-state index contributed by atoms with van der Waals surface area (Å²) in [6.07, 6.45) is 5.77. The topological polar surface area (TPSA) is 47.0 Å². The van der Waals surface area contributed by atoms with E-state index >= 15 is 0 Å². The van der Waals surface area contributed by atoms with Crippen molar-refractivity contribution in [2.45, 2.75) is 25.8 Å². The van der Waals surface area contributed by atoms with Crippen LogP contribution in [0.5, 0.6) is 5.88 Å². The van der Waals surface area contributed by atoms with Crippen LogP contribution < -0.4 is 10.1 Å². The largest absolute Gasteiger partial charge is 0.475 e. The van der Waals surface area contributed by atoms with Crippen molar-refractivity contribution in [2.24, 2.45) is 0 Å². The molecule has 1 aromatic heterocycles. The maximum Gasteiger partial charge on any atom is 0.235 e. The molecular formula is C10H16ClN3O. The average molecular weight is 230 g/mol. The molecule has 1 fully saturated rings. The van der Waals surface area contributed by atoms with Gasteiger partial charge in [-0.3, -0.25) is 4.98 Å². The van der Waals surface area contributed by atoms with Crippen molar-refractivity contribution in [3.8, 4) is 5.88 Å². The fourth-order valence-corrected chi connectivity index (χ4v) is 1.62. The summed E-state index contributed by atoms with van der Waals surface area (Å²) in [5.74, 6) is 0.654. The maximum atomic E-state index is 5.58. The van der Waals surface area contributed by atoms with Crippen molar-refractivity contribution in [3.05, 3.63) is 18.1 Å². The first kappa shape index (κ1) is 12.2. The Morgan fingerprint density at radius 1 is 1.47 bits per heavy atom. The fourth-order valence-electron chi connectivity index (χ4n) is 1.62. The minimum atomic E-state index is 0. The molecule has 0 aromatic carbocycles. The highest BCUT2D eigenvalue weighted by atomic mass is 35.5. The Labute approximate surface area is 95.9 Å². The standard InChI is InChI=1S/C10H15N3O.ClH/c1-8-10(13-6-5-11-8)14-7-9-3-2-4-12-9;/h5-6,9,12H,2-4,7H2,1H3;1H. The molecule has 0 amide bonds. The van der Waals surface area contributed by atoms with Crippen LogP contribution in [-0.4, -0.2) is 29.2 Å². The van der Waals surface area contributed by atoms with Crippen LogP contribution in [0.25, 0.3) is 0 Å². The Bertz CT molecular complexity index is 302. The van der Waals surface area contributed by atoms with E-state index < -0.39 is 0 Å². The van der Waals surface area contributed by atoms with Gasteiger partial charge in [-0.05, 0) is 26.3 Å². The number of aromatic nitrogens is 2. The molecule has 1 N–H and O–H groups in total. The first-order valence-electron chi connectivity index (χ1n) is 5.00. The molecule has 2 heterocycles. The van der Waals surface area contributed by atoms with E-state index in [9.17, 15) is 0 Å². The van der Waals surface area contributed by atoms with Gasteiger partial charge in [-0.25, -0.2) is 4.98 Å². The number of halogens is 1. The van der Waals surface area contributed by atoms with E-state index in [1.807, 2.05) is 6.92 Å². The molecule has 5 heteroatoms. The van der Waals surface area contributed by atoms with Crippen molar-refractivity contribution in [2.75, 3.05) is 13.2 Å². The quantitative estimate of drug-likeness (QED) is 0.850. The van der Waals surface area contributed by atoms with Gasteiger partial charge in [0.1, 0.15) is 6.61 Å². The molecule has 1 atom stereocenters. The van der Waals surface area contributed by atoms with Crippen molar-refractivity contribution in [3.63, 3.8) is 0 Å². The van der Waals surface area contributed by atoms with Crippen LogP contribution in [0.3, 0.4) is 0 Å². The second-order valence-electron chi connectivity index (χ2n) is 3.55. The Kier molecular flexibility index (Phi) is 4.78. The van der Waals surface area contributed by atoms with Gasteiger partial charge in [0.2, 0.25) is 5.88 Å². The molecule has 1 aliphatic heterocycles. The highest BCUT2D eigenvalue weighted by molar-refractivity contribution is 5.85. The molecule has 0 saturated carbocycles. The van der Waals surface area contributed by atoms with Crippen LogP contribution in [0.15, 0.2) is 12.4 Å². The number of hydrogen-bond donors (Lipinski definition) is 1. The molecule has 0 bridgehead atoms. The third-order valence-corrected chi connectivity index (χ3v) is 2.42. The number of nitrogens with one attached hydrogen (secondary N) is 1. The van der Waals surface area contributed by atoms with E-state index in [-0.39, 0.29) is 12.4 Å². The maximum absolute atomic E-state index is 5.58. The van der Waals surface area contributed by atoms with Crippen LogP contribution in [0, 0.1) is 6.92 Å². The lowest BCUT2D eigenvalue weighted by molar-refractivity contribution is 0.264. The van der Waals surface area contributed by atoms with Crippen LogP contribution in [-0.2, 0) is 0 Å². The van der Waals surface area contributed by atoms with Crippen molar-refractivity contribution in [1.29, 1.82) is 0 Å². The predicted octanol–water partition coefficient (Wildman–Crippen LogP) is 1.34. The Balaban J connectivity index is 0.00000112. The zero-order chi connectivity index (χ0) is 9.80. The second-order valence-corrected chi connectivity index (χ2v) is 3.55. The first-order chi connectivity index (χ1) is 6.86. The lowest BCUT2D eigenvalue weighted by Gasteiger charge is -2.11. The summed E-state index contributed by atoms with van der Waals surface area (Å²) in [5, 5.41) is 3.37. The highest BCUT2D eigenvalue weighted by Crippen LogP contribution is 2.11. The van der Waals surface area contributed by atoms with E-state index in [1.54, 1.807) is 12.4 Å². The highest BCUT2D eigenvalue weighted by Gasteiger charge is 2.15. The summed E-state index contributed by atoms with van der Waals surface area (Å²) < 4.78 is 5.58. The number of hydrogen-bond acceptors (Lipinski definition) is 4. The van der Waals surface area contributed by atoms with E-state index in [1.165, 1.54) is 12.8 Å². The Hall–Kier alpha value is -0.870. The molecule has 1 unspecified atom stereocenters. The first-order valence-corrected chi connectivity index (χ1v) is 5.00. The Morgan fingerprint density at radius 2 is 2.27 bits per heavy atom. The summed E-state index contributed by atoms with van der Waals surface area (Å²) in [6.45, 7) is 3.71. The number of nitrogens with zero attached hydrogens (tertiary/aromatic N) is 2. The van der Waals surface area contributed by atoms with Gasteiger partial charge >= 0.3 is 0 Å². The third-order valence-electron chi connectivity index (χ3n) is 2.42. The minimum Gasteiger partial charge on any atom is -0.475 e. The third kappa shape index (κ3) is 3.32. The van der Waals surface area contributed by atoms with E-state index in [0.29, 0.717) is 18.5 Å². The van der Waals surface area contributed by atoms with Gasteiger partial charge in [0.15, 0.2) is 0 Å². The van der Waals surface area contributed by atoms with Crippen LogP contribution >= 0.6 is 12.4 Å². The number of rotatable bonds is 3. The summed E-state index contributed by atoms with van der Waals surface area (Å²) in [5.41, 5.74) is 0.852. The van der Waals surface area contributed by atoms with Crippen molar-refractivity contribution < 1.29 is 4.74 Å². The molecule has 2 rings (SSSR count). The molecule has 1 aromatic rings. The van der Waals surface area contributed by atoms with Gasteiger partial charge < -0.3 is 10.1 Å². The molecule has 0 aliphatic carbocycles. The van der Waals surface area contributed by atoms with Gasteiger partial charge in [0.05, 0.1) is 5.69 Å². The van der Waals surface area contributed by atoms with Crippen molar-refractivity contribution in [1.82, 2.24) is 15.3 Å². The van der Waals surface area contributed by atoms with Gasteiger partial charge in [-0.15, -0.1) is 12.4 Å². The fraction of sp³-hybridized carbons (Fsp3) is 0.600. The molecule has 15 heavy (non-hydrogen) atoms. The molecule has 1 saturated heterocycles. The normalized spacial score (nSPS) is 19.7. The van der Waals surface area contributed by atoms with E-state index in [0.717, 1.165) is 12.2 Å². The van der Waals surface area contributed by atoms with Gasteiger partial charge in [0, 0.05) is 18.4 Å². The van der Waals surface area contributed by atoms with E-state index in [2.05, 4.69) is 15.3 Å². The predicted molar refractivity (Wildman–Crippen MR) is 60.5 cm³/mol. The zero-order valence-electron chi connectivity index (χ0n) is 8.77. The molecule has 0 radical (unpaired) electrons. The summed E-state index contributed by atoms with van der Waals surface area (Å²) in [4.78, 5) is 8.24. The van der Waals surface area contributed by atoms with Crippen molar-refractivity contribution >= 4 is 12.4 Å². The lowest BCUT2D eigenvalue weighted by Crippen LogP contribution is -2.28. The molecule has 1 aliphatic rings. The van der Waals surface area contributed by atoms with Crippen LogP contribution in [0.1, 0.15) is 18.5 Å². The monoisotopic (exact) mass is 229 g/mol. The molecule has 0 spiro atoms. The zero-order valence-corrected chi connectivity index (χ0v) is 9.59. The SMILES string of the molecule is Cc1nccnc1OCC1CCCN1.Cl. The smallest absolute Gasteiger partial charge is 0.235 e. The lowest BCUT2D eigenvalue weighted by atomic mass is 10.2. The molecular weight excluding hydrogens is 214 g/mol. The molecule has 4 nitrogen and oxygen atoms in total. The Morgan fingerprint density at radius 3 is 2.93 bits per heavy atom. The molecule has 84 valence electrons. The summed E-state index contributed by atoms with van der Waals surface area (Å²) >= 11 is 0. The van der Waals surface area contributed by atoms with Gasteiger partial charge in [-0.1, -0.05) is 0 Å².